The fourth-order valence-corrected chi connectivity index (χ4v) is 7.03. The lowest BCUT2D eigenvalue weighted by Gasteiger charge is -2.19. The summed E-state index contributed by atoms with van der Waals surface area (Å²) in [5.74, 6) is 1.09. The van der Waals surface area contributed by atoms with Gasteiger partial charge in [0.25, 0.3) is 0 Å². The standard InChI is InChI=1S/C23H27OPSi/c1-19-11-9-16-23(20(19)2)24-26-18-10-17-25(21-12-5-3-6-13-21)22-14-7-4-8-15-22/h3-9,11-16H,10,17-18,26H2,1-2H3. The molecule has 0 fully saturated rings. The number of aryl methyl sites for hydroxylation is 1. The van der Waals surface area contributed by atoms with Gasteiger partial charge in [-0.2, -0.15) is 0 Å². The van der Waals surface area contributed by atoms with Crippen LogP contribution in [0.15, 0.2) is 78.9 Å². The summed E-state index contributed by atoms with van der Waals surface area (Å²) >= 11 is 0. The van der Waals surface area contributed by atoms with E-state index < -0.39 is 9.76 Å². The Morgan fingerprint density at radius 3 is 2.00 bits per heavy atom. The van der Waals surface area contributed by atoms with Gasteiger partial charge in [-0.05, 0) is 68.2 Å². The van der Waals surface area contributed by atoms with Crippen LogP contribution in [0.2, 0.25) is 6.04 Å². The van der Waals surface area contributed by atoms with Crippen molar-refractivity contribution in [1.82, 2.24) is 0 Å². The quantitative estimate of drug-likeness (QED) is 0.313. The van der Waals surface area contributed by atoms with E-state index in [2.05, 4.69) is 92.7 Å². The monoisotopic (exact) mass is 378 g/mol. The predicted molar refractivity (Wildman–Crippen MR) is 118 cm³/mol. The highest BCUT2D eigenvalue weighted by atomic mass is 31.1. The second-order valence-electron chi connectivity index (χ2n) is 6.58. The molecule has 0 saturated carbocycles. The third-order valence-corrected chi connectivity index (χ3v) is 8.63. The molecule has 3 aromatic carbocycles. The fourth-order valence-electron chi connectivity index (χ4n) is 3.06. The first kappa shape index (κ1) is 18.9. The zero-order chi connectivity index (χ0) is 18.2. The van der Waals surface area contributed by atoms with Crippen LogP contribution in [0.4, 0.5) is 0 Å². The van der Waals surface area contributed by atoms with E-state index in [1.54, 1.807) is 0 Å². The van der Waals surface area contributed by atoms with E-state index in [-0.39, 0.29) is 7.92 Å². The Morgan fingerprint density at radius 1 is 0.769 bits per heavy atom. The Bertz CT molecular complexity index is 765. The highest BCUT2D eigenvalue weighted by molar-refractivity contribution is 7.73. The molecule has 0 unspecified atom stereocenters. The average Bonchev–Trinajstić information content (AvgIpc) is 2.69. The van der Waals surface area contributed by atoms with Gasteiger partial charge in [-0.3, -0.25) is 0 Å². The average molecular weight is 379 g/mol. The van der Waals surface area contributed by atoms with Crippen molar-refractivity contribution in [2.75, 3.05) is 6.16 Å². The molecule has 0 aromatic heterocycles. The molecule has 26 heavy (non-hydrogen) atoms. The van der Waals surface area contributed by atoms with E-state index in [1.807, 2.05) is 0 Å². The maximum Gasteiger partial charge on any atom is 0.219 e. The largest absolute Gasteiger partial charge is 0.549 e. The Morgan fingerprint density at radius 2 is 1.38 bits per heavy atom. The van der Waals surface area contributed by atoms with Gasteiger partial charge in [0.1, 0.15) is 5.75 Å². The van der Waals surface area contributed by atoms with Crippen LogP contribution in [0.5, 0.6) is 5.75 Å². The van der Waals surface area contributed by atoms with Crippen LogP contribution in [0.25, 0.3) is 0 Å². The molecule has 0 radical (unpaired) electrons. The van der Waals surface area contributed by atoms with E-state index in [0.29, 0.717) is 0 Å². The first-order chi connectivity index (χ1) is 12.8. The molecule has 0 aliphatic heterocycles. The minimum atomic E-state index is -0.517. The Balaban J connectivity index is 1.56. The summed E-state index contributed by atoms with van der Waals surface area (Å²) in [5, 5.41) is 2.96. The molecular formula is C23H27OPSi. The van der Waals surface area contributed by atoms with Gasteiger partial charge >= 0.3 is 0 Å². The van der Waals surface area contributed by atoms with Crippen LogP contribution < -0.4 is 15.0 Å². The molecule has 0 aliphatic carbocycles. The van der Waals surface area contributed by atoms with Crippen molar-refractivity contribution in [2.45, 2.75) is 26.3 Å². The lowest BCUT2D eigenvalue weighted by Crippen LogP contribution is -2.14. The normalized spacial score (nSPS) is 11.3. The third kappa shape index (κ3) is 5.06. The SMILES string of the molecule is Cc1cccc(O[SiH2]CCCP(c2ccccc2)c2ccccc2)c1C. The van der Waals surface area contributed by atoms with Crippen LogP contribution in [0.3, 0.4) is 0 Å². The van der Waals surface area contributed by atoms with Crippen molar-refractivity contribution in [3.05, 3.63) is 90.0 Å². The van der Waals surface area contributed by atoms with Crippen LogP contribution in [-0.4, -0.2) is 15.9 Å². The lowest BCUT2D eigenvalue weighted by molar-refractivity contribution is 0.584. The molecule has 3 aromatic rings. The molecule has 1 nitrogen and oxygen atoms in total. The molecule has 0 bridgehead atoms. The zero-order valence-corrected chi connectivity index (χ0v) is 18.0. The molecule has 3 rings (SSSR count). The molecular weight excluding hydrogens is 351 g/mol. The molecule has 134 valence electrons. The molecule has 3 heteroatoms. The van der Waals surface area contributed by atoms with Gasteiger partial charge in [-0.25, -0.2) is 0 Å². The summed E-state index contributed by atoms with van der Waals surface area (Å²) in [5.41, 5.74) is 2.60. The summed E-state index contributed by atoms with van der Waals surface area (Å²) in [6.45, 7) is 4.31. The summed E-state index contributed by atoms with van der Waals surface area (Å²) in [6, 6.07) is 29.5. The number of rotatable bonds is 8. The van der Waals surface area contributed by atoms with E-state index in [0.717, 1.165) is 5.75 Å². The highest BCUT2D eigenvalue weighted by Crippen LogP contribution is 2.34. The second kappa shape index (κ2) is 9.71. The molecule has 0 spiro atoms. The van der Waals surface area contributed by atoms with Crippen molar-refractivity contribution < 1.29 is 4.43 Å². The molecule has 0 heterocycles. The smallest absolute Gasteiger partial charge is 0.219 e. The molecule has 0 saturated heterocycles. The van der Waals surface area contributed by atoms with Gasteiger partial charge in [-0.1, -0.05) is 72.8 Å². The van der Waals surface area contributed by atoms with Crippen LogP contribution in [0.1, 0.15) is 17.5 Å². The van der Waals surface area contributed by atoms with Crippen molar-refractivity contribution in [3.63, 3.8) is 0 Å². The van der Waals surface area contributed by atoms with E-state index >= 15 is 0 Å². The Kier molecular flexibility index (Phi) is 7.05. The zero-order valence-electron chi connectivity index (χ0n) is 15.7. The van der Waals surface area contributed by atoms with Gasteiger partial charge in [0, 0.05) is 0 Å². The molecule has 0 atom stereocenters. The second-order valence-corrected chi connectivity index (χ2v) is 10.3. The van der Waals surface area contributed by atoms with Crippen molar-refractivity contribution in [1.29, 1.82) is 0 Å². The lowest BCUT2D eigenvalue weighted by atomic mass is 10.1. The van der Waals surface area contributed by atoms with Gasteiger partial charge in [0.15, 0.2) is 0 Å². The molecule has 0 amide bonds. The minimum absolute atomic E-state index is 0.266. The van der Waals surface area contributed by atoms with E-state index in [1.165, 1.54) is 40.4 Å². The minimum Gasteiger partial charge on any atom is -0.549 e. The van der Waals surface area contributed by atoms with Gasteiger partial charge in [0.2, 0.25) is 9.76 Å². The topological polar surface area (TPSA) is 9.23 Å². The van der Waals surface area contributed by atoms with Crippen LogP contribution in [0, 0.1) is 13.8 Å². The van der Waals surface area contributed by atoms with Gasteiger partial charge < -0.3 is 4.43 Å². The van der Waals surface area contributed by atoms with Crippen LogP contribution >= 0.6 is 7.92 Å². The summed E-state index contributed by atoms with van der Waals surface area (Å²) in [6.07, 6.45) is 2.49. The van der Waals surface area contributed by atoms with E-state index in [4.69, 9.17) is 4.43 Å². The third-order valence-electron chi connectivity index (χ3n) is 4.72. The summed E-state index contributed by atoms with van der Waals surface area (Å²) in [4.78, 5) is 0. The first-order valence-corrected chi connectivity index (χ1v) is 12.4. The van der Waals surface area contributed by atoms with Crippen LogP contribution in [-0.2, 0) is 0 Å². The Labute approximate surface area is 161 Å². The molecule has 0 N–H and O–H groups in total. The number of hydrogen-bond donors (Lipinski definition) is 0. The first-order valence-electron chi connectivity index (χ1n) is 9.32. The number of benzene rings is 3. The highest BCUT2D eigenvalue weighted by Gasteiger charge is 2.13. The maximum atomic E-state index is 6.16. The van der Waals surface area contributed by atoms with Crippen molar-refractivity contribution in [2.24, 2.45) is 0 Å². The number of hydrogen-bond acceptors (Lipinski definition) is 1. The molecule has 0 aliphatic rings. The van der Waals surface area contributed by atoms with Gasteiger partial charge in [-0.15, -0.1) is 0 Å². The summed E-state index contributed by atoms with van der Waals surface area (Å²) < 4.78 is 6.16. The fraction of sp³-hybridized carbons (Fsp3) is 0.217. The van der Waals surface area contributed by atoms with Gasteiger partial charge in [0.05, 0.1) is 0 Å². The summed E-state index contributed by atoms with van der Waals surface area (Å²) in [7, 11) is -0.783. The van der Waals surface area contributed by atoms with E-state index in [9.17, 15) is 0 Å². The Hall–Kier alpha value is -1.89. The van der Waals surface area contributed by atoms with Crippen molar-refractivity contribution in [3.8, 4) is 5.75 Å². The maximum absolute atomic E-state index is 6.16. The predicted octanol–water partition coefficient (Wildman–Crippen LogP) is 4.71. The van der Waals surface area contributed by atoms with Crippen molar-refractivity contribution >= 4 is 28.3 Å².